The van der Waals surface area contributed by atoms with Crippen molar-refractivity contribution < 1.29 is 0 Å². The van der Waals surface area contributed by atoms with Crippen LogP contribution in [0.25, 0.3) is 0 Å². The maximum atomic E-state index is 3.68. The van der Waals surface area contributed by atoms with Crippen molar-refractivity contribution in [2.75, 3.05) is 6.54 Å². The van der Waals surface area contributed by atoms with Crippen molar-refractivity contribution in [1.82, 2.24) is 5.32 Å². The Morgan fingerprint density at radius 1 is 1.42 bits per heavy atom. The lowest BCUT2D eigenvalue weighted by Gasteiger charge is -2.31. The Balaban J connectivity index is 2.52. The smallest absolute Gasteiger partial charge is 0.0971 e. The molecule has 2 rings (SSSR count). The minimum Gasteiger partial charge on any atom is -0.298 e. The number of hydrogen-bond acceptors (Lipinski definition) is 1. The van der Waals surface area contributed by atoms with Gasteiger partial charge in [-0.2, -0.15) is 0 Å². The van der Waals surface area contributed by atoms with Gasteiger partial charge in [-0.3, -0.25) is 5.32 Å². The number of alkyl halides is 1. The fourth-order valence-electron chi connectivity index (χ4n) is 1.72. The molecule has 1 heterocycles. The molecule has 2 heteroatoms. The third-order valence-electron chi connectivity index (χ3n) is 2.37. The molecule has 0 saturated heterocycles. The third-order valence-corrected chi connectivity index (χ3v) is 3.08. The van der Waals surface area contributed by atoms with Gasteiger partial charge in [-0.25, -0.2) is 0 Å². The third kappa shape index (κ3) is 1.29. The number of fused-ring (bicyclic) bond motifs is 1. The standard InChI is InChI=1S/C10H12BrN/c1-10(11)9-5-3-2-4-8(9)6-7-12-10/h2-5,12H,6-7H2,1H3. The molecule has 64 valence electrons. The second-order valence-electron chi connectivity index (χ2n) is 3.34. The first-order valence-corrected chi connectivity index (χ1v) is 5.02. The van der Waals surface area contributed by atoms with E-state index in [2.05, 4.69) is 52.4 Å². The van der Waals surface area contributed by atoms with Gasteiger partial charge in [-0.1, -0.05) is 40.2 Å². The van der Waals surface area contributed by atoms with E-state index in [0.717, 1.165) is 13.0 Å². The first kappa shape index (κ1) is 8.27. The van der Waals surface area contributed by atoms with E-state index < -0.39 is 0 Å². The minimum atomic E-state index is -0.0259. The Bertz CT molecular complexity index is 294. The Morgan fingerprint density at radius 2 is 2.17 bits per heavy atom. The van der Waals surface area contributed by atoms with Crippen molar-refractivity contribution >= 4 is 15.9 Å². The molecule has 1 aliphatic heterocycles. The molecule has 0 radical (unpaired) electrons. The SMILES string of the molecule is CC1(Br)NCCc2ccccc21. The first-order valence-electron chi connectivity index (χ1n) is 4.22. The van der Waals surface area contributed by atoms with Crippen LogP contribution in [0.15, 0.2) is 24.3 Å². The zero-order valence-electron chi connectivity index (χ0n) is 7.10. The summed E-state index contributed by atoms with van der Waals surface area (Å²) in [5.74, 6) is 0. The minimum absolute atomic E-state index is 0.0259. The summed E-state index contributed by atoms with van der Waals surface area (Å²) in [6.45, 7) is 3.21. The van der Waals surface area contributed by atoms with Crippen molar-refractivity contribution in [3.05, 3.63) is 35.4 Å². The zero-order chi connectivity index (χ0) is 8.60. The van der Waals surface area contributed by atoms with Crippen LogP contribution >= 0.6 is 15.9 Å². The fourth-order valence-corrected chi connectivity index (χ4v) is 2.31. The number of nitrogens with one attached hydrogen (secondary N) is 1. The number of benzene rings is 1. The molecular formula is C10H12BrN. The van der Waals surface area contributed by atoms with Gasteiger partial charge in [0.05, 0.1) is 4.45 Å². The predicted molar refractivity (Wildman–Crippen MR) is 54.4 cm³/mol. The summed E-state index contributed by atoms with van der Waals surface area (Å²) in [4.78, 5) is 0. The molecule has 1 atom stereocenters. The van der Waals surface area contributed by atoms with E-state index in [1.54, 1.807) is 0 Å². The van der Waals surface area contributed by atoms with Crippen LogP contribution in [0.1, 0.15) is 18.1 Å². The van der Waals surface area contributed by atoms with E-state index in [9.17, 15) is 0 Å². The molecule has 1 N–H and O–H groups in total. The highest BCUT2D eigenvalue weighted by atomic mass is 79.9. The molecule has 0 spiro atoms. The molecule has 1 aromatic rings. The quantitative estimate of drug-likeness (QED) is 0.529. The van der Waals surface area contributed by atoms with Gasteiger partial charge < -0.3 is 0 Å². The summed E-state index contributed by atoms with van der Waals surface area (Å²) in [7, 11) is 0. The van der Waals surface area contributed by atoms with E-state index in [0.29, 0.717) is 0 Å². The van der Waals surface area contributed by atoms with E-state index in [4.69, 9.17) is 0 Å². The summed E-state index contributed by atoms with van der Waals surface area (Å²) < 4.78 is -0.0259. The van der Waals surface area contributed by atoms with E-state index in [1.165, 1.54) is 11.1 Å². The average molecular weight is 226 g/mol. The average Bonchev–Trinajstić information content (AvgIpc) is 2.04. The van der Waals surface area contributed by atoms with Crippen LogP contribution < -0.4 is 5.32 Å². The van der Waals surface area contributed by atoms with Crippen molar-refractivity contribution in [1.29, 1.82) is 0 Å². The lowest BCUT2D eigenvalue weighted by atomic mass is 9.95. The van der Waals surface area contributed by atoms with Crippen LogP contribution in [-0.4, -0.2) is 6.54 Å². The lowest BCUT2D eigenvalue weighted by molar-refractivity contribution is 0.505. The van der Waals surface area contributed by atoms with E-state index in [-0.39, 0.29) is 4.45 Å². The molecule has 1 aromatic carbocycles. The summed E-state index contributed by atoms with van der Waals surface area (Å²) in [6, 6.07) is 8.57. The molecule has 0 aromatic heterocycles. The number of rotatable bonds is 0. The van der Waals surface area contributed by atoms with Crippen molar-refractivity contribution in [3.63, 3.8) is 0 Å². The Hall–Kier alpha value is -0.340. The zero-order valence-corrected chi connectivity index (χ0v) is 8.69. The number of halogens is 1. The second-order valence-corrected chi connectivity index (χ2v) is 4.92. The largest absolute Gasteiger partial charge is 0.298 e. The summed E-state index contributed by atoms with van der Waals surface area (Å²) in [5.41, 5.74) is 2.83. The van der Waals surface area contributed by atoms with Gasteiger partial charge >= 0.3 is 0 Å². The Labute approximate surface area is 81.3 Å². The van der Waals surface area contributed by atoms with Gasteiger partial charge in [-0.05, 0) is 24.5 Å². The summed E-state index contributed by atoms with van der Waals surface area (Å²) in [6.07, 6.45) is 1.14. The predicted octanol–water partition coefficient (Wildman–Crippen LogP) is 2.40. The Kier molecular flexibility index (Phi) is 1.97. The van der Waals surface area contributed by atoms with Gasteiger partial charge in [0, 0.05) is 6.54 Å². The molecule has 0 amide bonds. The van der Waals surface area contributed by atoms with Crippen LogP contribution in [0.3, 0.4) is 0 Å². The Morgan fingerprint density at radius 3 is 2.92 bits per heavy atom. The number of hydrogen-bond donors (Lipinski definition) is 1. The van der Waals surface area contributed by atoms with Crippen molar-refractivity contribution in [2.24, 2.45) is 0 Å². The molecular weight excluding hydrogens is 214 g/mol. The molecule has 0 saturated carbocycles. The molecule has 0 fully saturated rings. The van der Waals surface area contributed by atoms with Crippen LogP contribution in [0.2, 0.25) is 0 Å². The molecule has 0 bridgehead atoms. The monoisotopic (exact) mass is 225 g/mol. The molecule has 0 aliphatic carbocycles. The van der Waals surface area contributed by atoms with Crippen molar-refractivity contribution in [3.8, 4) is 0 Å². The van der Waals surface area contributed by atoms with Gasteiger partial charge in [0.25, 0.3) is 0 Å². The van der Waals surface area contributed by atoms with Crippen molar-refractivity contribution in [2.45, 2.75) is 17.8 Å². The van der Waals surface area contributed by atoms with E-state index in [1.807, 2.05) is 0 Å². The van der Waals surface area contributed by atoms with Gasteiger partial charge in [0.15, 0.2) is 0 Å². The van der Waals surface area contributed by atoms with Gasteiger partial charge in [0.2, 0.25) is 0 Å². The summed E-state index contributed by atoms with van der Waals surface area (Å²) in [5, 5.41) is 3.43. The van der Waals surface area contributed by atoms with Gasteiger partial charge in [-0.15, -0.1) is 0 Å². The van der Waals surface area contributed by atoms with Gasteiger partial charge in [0.1, 0.15) is 0 Å². The maximum Gasteiger partial charge on any atom is 0.0971 e. The van der Waals surface area contributed by atoms with E-state index >= 15 is 0 Å². The molecule has 1 aliphatic rings. The first-order chi connectivity index (χ1) is 5.70. The van der Waals surface area contributed by atoms with Crippen LogP contribution in [0.4, 0.5) is 0 Å². The highest BCUT2D eigenvalue weighted by molar-refractivity contribution is 9.09. The van der Waals surface area contributed by atoms with Crippen LogP contribution in [0.5, 0.6) is 0 Å². The highest BCUT2D eigenvalue weighted by Crippen LogP contribution is 2.33. The highest BCUT2D eigenvalue weighted by Gasteiger charge is 2.27. The molecule has 1 nitrogen and oxygen atoms in total. The second kappa shape index (κ2) is 2.86. The van der Waals surface area contributed by atoms with Crippen LogP contribution in [-0.2, 0) is 10.9 Å². The molecule has 1 unspecified atom stereocenters. The lowest BCUT2D eigenvalue weighted by Crippen LogP contribution is -2.39. The topological polar surface area (TPSA) is 12.0 Å². The fraction of sp³-hybridized carbons (Fsp3) is 0.400. The normalized spacial score (nSPS) is 28.2. The molecule has 12 heavy (non-hydrogen) atoms. The summed E-state index contributed by atoms with van der Waals surface area (Å²) >= 11 is 3.68. The maximum absolute atomic E-state index is 3.68. The van der Waals surface area contributed by atoms with Crippen LogP contribution in [0, 0.1) is 0 Å².